The van der Waals surface area contributed by atoms with Crippen LogP contribution in [0.25, 0.3) is 22.5 Å². The zero-order valence-electron chi connectivity index (χ0n) is 21.0. The Labute approximate surface area is 214 Å². The Bertz CT molecular complexity index is 1510. The van der Waals surface area contributed by atoms with E-state index in [1.54, 1.807) is 13.2 Å². The van der Waals surface area contributed by atoms with E-state index in [1.165, 1.54) is 38.2 Å². The summed E-state index contributed by atoms with van der Waals surface area (Å²) in [4.78, 5) is 17.2. The third-order valence-corrected chi connectivity index (χ3v) is 7.36. The first-order valence-corrected chi connectivity index (χ1v) is 12.5. The molecule has 0 amide bonds. The smallest absolute Gasteiger partial charge is 0.304 e. The minimum absolute atomic E-state index is 0.0509. The van der Waals surface area contributed by atoms with E-state index in [0.717, 1.165) is 35.5 Å². The number of aliphatic carboxylic acids is 1. The molecule has 9 nitrogen and oxygen atoms in total. The predicted molar refractivity (Wildman–Crippen MR) is 139 cm³/mol. The van der Waals surface area contributed by atoms with Crippen LogP contribution in [0.5, 0.6) is 5.75 Å². The number of carboxylic acids is 1. The van der Waals surface area contributed by atoms with Crippen molar-refractivity contribution in [3.8, 4) is 28.3 Å². The fraction of sp³-hybridized carbons (Fsp3) is 0.321. The number of tetrazole rings is 1. The van der Waals surface area contributed by atoms with Gasteiger partial charge in [0.15, 0.2) is 0 Å². The highest BCUT2D eigenvalue weighted by atomic mass is 16.5. The molecule has 2 aromatic heterocycles. The van der Waals surface area contributed by atoms with Crippen molar-refractivity contribution in [2.45, 2.75) is 45.1 Å². The topological polar surface area (TPSA) is 115 Å². The third kappa shape index (κ3) is 4.20. The van der Waals surface area contributed by atoms with Crippen LogP contribution in [0.3, 0.4) is 0 Å². The minimum Gasteiger partial charge on any atom is -0.492 e. The molecule has 0 bridgehead atoms. The highest BCUT2D eigenvalue weighted by molar-refractivity contribution is 5.78. The third-order valence-electron chi connectivity index (χ3n) is 7.36. The highest BCUT2D eigenvalue weighted by Gasteiger charge is 2.29. The maximum atomic E-state index is 11.1. The lowest BCUT2D eigenvalue weighted by Gasteiger charge is -2.18. The van der Waals surface area contributed by atoms with Gasteiger partial charge >= 0.3 is 5.97 Å². The quantitative estimate of drug-likeness (QED) is 0.398. The molecule has 1 aliphatic heterocycles. The Morgan fingerprint density at radius 2 is 2.00 bits per heavy atom. The van der Waals surface area contributed by atoms with Gasteiger partial charge < -0.3 is 15.2 Å². The van der Waals surface area contributed by atoms with Crippen LogP contribution in [0.1, 0.15) is 52.6 Å². The van der Waals surface area contributed by atoms with Gasteiger partial charge in [-0.25, -0.2) is 4.98 Å². The minimum atomic E-state index is -0.826. The summed E-state index contributed by atoms with van der Waals surface area (Å²) in [6.45, 7) is 4.66. The second-order valence-electron chi connectivity index (χ2n) is 9.91. The van der Waals surface area contributed by atoms with Crippen LogP contribution in [0.15, 0.2) is 42.6 Å². The lowest BCUT2D eigenvalue weighted by atomic mass is 9.89. The van der Waals surface area contributed by atoms with Crippen LogP contribution in [0.2, 0.25) is 0 Å². The molecule has 4 aromatic rings. The van der Waals surface area contributed by atoms with E-state index in [0.29, 0.717) is 12.4 Å². The van der Waals surface area contributed by atoms with Gasteiger partial charge in [0.25, 0.3) is 0 Å². The van der Waals surface area contributed by atoms with Gasteiger partial charge in [-0.15, -0.1) is 10.2 Å². The van der Waals surface area contributed by atoms with Gasteiger partial charge in [-0.3, -0.25) is 4.79 Å². The Balaban J connectivity index is 1.28. The van der Waals surface area contributed by atoms with E-state index in [-0.39, 0.29) is 18.4 Å². The standard InChI is InChI=1S/C28H28N6O3/c1-15-9-17(28-31-33-34(3)32-28)10-16(2)27(15)21-6-4-5-20-19(21)7-8-23(20)30-25-12-24-22(13-29-25)18(14-37-24)11-26(35)36/h4-6,9-10,12-13,18,23H,7-8,11,14H2,1-3H3,(H,29,30)(H,35,36)/t18?,23-/m1/s1. The lowest BCUT2D eigenvalue weighted by molar-refractivity contribution is -0.137. The SMILES string of the molecule is Cc1cc(-c2nnn(C)n2)cc(C)c1-c1cccc2c1CC[C@H]2Nc1cc2c(cn1)C(CC(=O)O)CO2. The van der Waals surface area contributed by atoms with Gasteiger partial charge in [-0.2, -0.15) is 4.80 Å². The second-order valence-corrected chi connectivity index (χ2v) is 9.91. The molecule has 2 N–H and O–H groups in total. The van der Waals surface area contributed by atoms with Crippen LogP contribution < -0.4 is 10.1 Å². The summed E-state index contributed by atoms with van der Waals surface area (Å²) in [5.74, 6) is 1.12. The van der Waals surface area contributed by atoms with Gasteiger partial charge in [0, 0.05) is 29.3 Å². The number of hydrogen-bond donors (Lipinski definition) is 2. The summed E-state index contributed by atoms with van der Waals surface area (Å²) in [6, 6.07) is 12.8. The molecule has 0 fully saturated rings. The summed E-state index contributed by atoms with van der Waals surface area (Å²) in [5.41, 5.74) is 9.35. The molecule has 3 heterocycles. The fourth-order valence-corrected chi connectivity index (χ4v) is 5.75. The number of aryl methyl sites for hydroxylation is 3. The number of rotatable bonds is 6. The second kappa shape index (κ2) is 8.99. The molecule has 188 valence electrons. The predicted octanol–water partition coefficient (Wildman–Crippen LogP) is 4.61. The zero-order valence-corrected chi connectivity index (χ0v) is 21.0. The van der Waals surface area contributed by atoms with Crippen molar-refractivity contribution in [1.29, 1.82) is 0 Å². The number of anilines is 1. The van der Waals surface area contributed by atoms with E-state index < -0.39 is 5.97 Å². The Morgan fingerprint density at radius 1 is 1.19 bits per heavy atom. The normalized spacial score (nSPS) is 17.8. The van der Waals surface area contributed by atoms with Gasteiger partial charge in [0.05, 0.1) is 26.1 Å². The van der Waals surface area contributed by atoms with Gasteiger partial charge in [-0.1, -0.05) is 18.2 Å². The van der Waals surface area contributed by atoms with Crippen molar-refractivity contribution in [2.24, 2.45) is 7.05 Å². The molecular weight excluding hydrogens is 468 g/mol. The zero-order chi connectivity index (χ0) is 25.7. The van der Waals surface area contributed by atoms with Crippen LogP contribution in [-0.4, -0.2) is 42.9 Å². The summed E-state index contributed by atoms with van der Waals surface area (Å²) >= 11 is 0. The Morgan fingerprint density at radius 3 is 2.73 bits per heavy atom. The average molecular weight is 497 g/mol. The van der Waals surface area contributed by atoms with Gasteiger partial charge in [-0.05, 0) is 77.4 Å². The number of nitrogens with one attached hydrogen (secondary N) is 1. The Hall–Kier alpha value is -4.27. The molecule has 0 saturated carbocycles. The largest absolute Gasteiger partial charge is 0.492 e. The van der Waals surface area contributed by atoms with Crippen molar-refractivity contribution in [3.05, 3.63) is 70.4 Å². The molecule has 1 aliphatic carbocycles. The molecule has 6 rings (SSSR count). The van der Waals surface area contributed by atoms with Crippen LogP contribution >= 0.6 is 0 Å². The number of nitrogens with zero attached hydrogens (tertiary/aromatic N) is 5. The van der Waals surface area contributed by atoms with Gasteiger partial charge in [0.2, 0.25) is 5.82 Å². The first kappa shape index (κ1) is 23.1. The monoisotopic (exact) mass is 496 g/mol. The molecule has 9 heteroatoms. The van der Waals surface area contributed by atoms with Crippen molar-refractivity contribution in [3.63, 3.8) is 0 Å². The number of ether oxygens (including phenoxy) is 1. The van der Waals surface area contributed by atoms with Crippen molar-refractivity contribution in [1.82, 2.24) is 25.2 Å². The maximum absolute atomic E-state index is 11.1. The number of pyridine rings is 1. The number of hydrogen-bond acceptors (Lipinski definition) is 7. The fourth-order valence-electron chi connectivity index (χ4n) is 5.75. The van der Waals surface area contributed by atoms with Crippen LogP contribution in [0.4, 0.5) is 5.82 Å². The molecule has 37 heavy (non-hydrogen) atoms. The lowest BCUT2D eigenvalue weighted by Crippen LogP contribution is -2.09. The Kier molecular flexibility index (Phi) is 5.62. The van der Waals surface area contributed by atoms with Crippen molar-refractivity contribution in [2.75, 3.05) is 11.9 Å². The number of fused-ring (bicyclic) bond motifs is 2. The summed E-state index contributed by atoms with van der Waals surface area (Å²) in [7, 11) is 1.77. The molecule has 2 aliphatic rings. The van der Waals surface area contributed by atoms with Crippen molar-refractivity contribution >= 4 is 11.8 Å². The first-order valence-electron chi connectivity index (χ1n) is 12.5. The number of carboxylic acid groups (broad SMARTS) is 1. The van der Waals surface area contributed by atoms with Gasteiger partial charge in [0.1, 0.15) is 11.6 Å². The van der Waals surface area contributed by atoms with Crippen LogP contribution in [-0.2, 0) is 18.3 Å². The molecule has 2 aromatic carbocycles. The molecule has 1 unspecified atom stereocenters. The summed E-state index contributed by atoms with van der Waals surface area (Å²) in [5, 5.41) is 25.2. The van der Waals surface area contributed by atoms with E-state index in [9.17, 15) is 4.79 Å². The average Bonchev–Trinajstić information content (AvgIpc) is 3.58. The summed E-state index contributed by atoms with van der Waals surface area (Å²) < 4.78 is 5.78. The van der Waals surface area contributed by atoms with E-state index in [4.69, 9.17) is 9.84 Å². The van der Waals surface area contributed by atoms with E-state index >= 15 is 0 Å². The summed E-state index contributed by atoms with van der Waals surface area (Å²) in [6.07, 6.45) is 3.74. The molecule has 2 atom stereocenters. The number of carbonyl (C=O) groups is 1. The molecular formula is C28H28N6O3. The number of aromatic nitrogens is 5. The van der Waals surface area contributed by atoms with Crippen LogP contribution in [0, 0.1) is 13.8 Å². The molecule has 0 radical (unpaired) electrons. The maximum Gasteiger partial charge on any atom is 0.304 e. The number of benzene rings is 2. The van der Waals surface area contributed by atoms with E-state index in [1.807, 2.05) is 6.07 Å². The molecule has 0 spiro atoms. The van der Waals surface area contributed by atoms with Crippen molar-refractivity contribution < 1.29 is 14.6 Å². The van der Waals surface area contributed by atoms with E-state index in [2.05, 4.69) is 69.9 Å². The molecule has 0 saturated heterocycles. The highest BCUT2D eigenvalue weighted by Crippen LogP contribution is 2.43. The first-order chi connectivity index (χ1) is 17.9.